The fourth-order valence-electron chi connectivity index (χ4n) is 3.42. The molecule has 0 fully saturated rings. The highest BCUT2D eigenvalue weighted by molar-refractivity contribution is 5.72. The number of nitrogens with zero attached hydrogens (tertiary/aromatic N) is 8. The van der Waals surface area contributed by atoms with Crippen LogP contribution in [0.5, 0.6) is 11.5 Å². The van der Waals surface area contributed by atoms with E-state index in [9.17, 15) is 0 Å². The summed E-state index contributed by atoms with van der Waals surface area (Å²) in [6.07, 6.45) is 9.95. The fraction of sp³-hybridized carbons (Fsp3) is 0. The monoisotopic (exact) mass is 406 g/mol. The summed E-state index contributed by atoms with van der Waals surface area (Å²) < 4.78 is 9.87. The van der Waals surface area contributed by atoms with Gasteiger partial charge in [0.15, 0.2) is 11.3 Å². The normalized spacial score (nSPS) is 11.2. The van der Waals surface area contributed by atoms with Gasteiger partial charge in [-0.05, 0) is 48.5 Å². The molecule has 0 unspecified atom stereocenters. The maximum absolute atomic E-state index is 6.00. The number of ether oxygens (including phenoxy) is 1. The Morgan fingerprint density at radius 2 is 1.00 bits per heavy atom. The number of hydrogen-bond acceptors (Lipinski definition) is 7. The van der Waals surface area contributed by atoms with Gasteiger partial charge in [-0.1, -0.05) is 0 Å². The molecule has 0 atom stereocenters. The lowest BCUT2D eigenvalue weighted by Gasteiger charge is -2.09. The summed E-state index contributed by atoms with van der Waals surface area (Å²) in [4.78, 5) is 25.1. The van der Waals surface area contributed by atoms with E-state index in [2.05, 4.69) is 29.9 Å². The van der Waals surface area contributed by atoms with E-state index in [1.165, 1.54) is 12.7 Å². The molecule has 31 heavy (non-hydrogen) atoms. The summed E-state index contributed by atoms with van der Waals surface area (Å²) >= 11 is 0. The number of hydrogen-bond donors (Lipinski definition) is 0. The van der Waals surface area contributed by atoms with Crippen LogP contribution in [0.3, 0.4) is 0 Å². The molecule has 9 heteroatoms. The van der Waals surface area contributed by atoms with Crippen LogP contribution in [-0.2, 0) is 0 Å². The second-order valence-corrected chi connectivity index (χ2v) is 6.78. The molecule has 148 valence electrons. The van der Waals surface area contributed by atoms with Crippen LogP contribution in [-0.4, -0.2) is 39.0 Å². The Labute approximate surface area is 175 Å². The summed E-state index contributed by atoms with van der Waals surface area (Å²) in [5, 5.41) is 0. The second kappa shape index (κ2) is 6.99. The zero-order valence-corrected chi connectivity index (χ0v) is 16.1. The van der Waals surface area contributed by atoms with E-state index < -0.39 is 0 Å². The average Bonchev–Trinajstić information content (AvgIpc) is 3.45. The molecule has 0 saturated carbocycles. The number of aromatic nitrogens is 8. The van der Waals surface area contributed by atoms with E-state index in [0.717, 1.165) is 33.9 Å². The van der Waals surface area contributed by atoms with Crippen molar-refractivity contribution in [1.82, 2.24) is 39.0 Å². The number of benzene rings is 2. The summed E-state index contributed by atoms with van der Waals surface area (Å²) in [5.74, 6) is 1.47. The van der Waals surface area contributed by atoms with Crippen LogP contribution in [0.25, 0.3) is 33.7 Å². The molecule has 2 aromatic carbocycles. The van der Waals surface area contributed by atoms with Gasteiger partial charge in [0, 0.05) is 11.4 Å². The van der Waals surface area contributed by atoms with E-state index in [1.54, 1.807) is 25.0 Å². The van der Waals surface area contributed by atoms with E-state index in [4.69, 9.17) is 4.74 Å². The molecule has 0 aliphatic heterocycles. The van der Waals surface area contributed by atoms with Crippen molar-refractivity contribution in [3.8, 4) is 22.9 Å². The molecule has 0 aliphatic carbocycles. The van der Waals surface area contributed by atoms with Crippen molar-refractivity contribution in [1.29, 1.82) is 0 Å². The average molecular weight is 406 g/mol. The third-order valence-electron chi connectivity index (χ3n) is 4.92. The zero-order chi connectivity index (χ0) is 20.6. The third-order valence-corrected chi connectivity index (χ3v) is 4.92. The number of rotatable bonds is 4. The van der Waals surface area contributed by atoms with Gasteiger partial charge in [0.1, 0.15) is 47.8 Å². The summed E-state index contributed by atoms with van der Waals surface area (Å²) in [6, 6.07) is 15.5. The highest BCUT2D eigenvalue weighted by Crippen LogP contribution is 2.25. The molecular formula is C22H14N8O. The maximum Gasteiger partial charge on any atom is 0.181 e. The van der Waals surface area contributed by atoms with Crippen LogP contribution < -0.4 is 4.74 Å². The van der Waals surface area contributed by atoms with Crippen LogP contribution in [0.15, 0.2) is 86.2 Å². The minimum atomic E-state index is 0.660. The molecule has 0 amide bonds. The third kappa shape index (κ3) is 3.04. The minimum Gasteiger partial charge on any atom is -0.457 e. The predicted octanol–water partition coefficient (Wildman–Crippen LogP) is 3.74. The summed E-state index contributed by atoms with van der Waals surface area (Å²) in [5.41, 5.74) is 4.93. The Bertz CT molecular complexity index is 1390. The largest absolute Gasteiger partial charge is 0.457 e. The van der Waals surface area contributed by atoms with Crippen molar-refractivity contribution in [2.75, 3.05) is 0 Å². The van der Waals surface area contributed by atoms with E-state index in [1.807, 2.05) is 57.7 Å². The van der Waals surface area contributed by atoms with Crippen LogP contribution in [0.1, 0.15) is 0 Å². The molecule has 0 spiro atoms. The predicted molar refractivity (Wildman–Crippen MR) is 113 cm³/mol. The Hall–Kier alpha value is -4.66. The van der Waals surface area contributed by atoms with Crippen molar-refractivity contribution >= 4 is 22.3 Å². The molecule has 4 heterocycles. The van der Waals surface area contributed by atoms with Gasteiger partial charge < -0.3 is 4.74 Å². The van der Waals surface area contributed by atoms with Gasteiger partial charge in [0.05, 0.1) is 12.4 Å². The lowest BCUT2D eigenvalue weighted by Crippen LogP contribution is -1.94. The molecule has 9 nitrogen and oxygen atoms in total. The van der Waals surface area contributed by atoms with Crippen LogP contribution in [0.4, 0.5) is 0 Å². The number of imidazole rings is 2. The number of fused-ring (bicyclic) bond motifs is 2. The van der Waals surface area contributed by atoms with E-state index in [0.29, 0.717) is 11.3 Å². The molecule has 0 aliphatic rings. The first-order valence-electron chi connectivity index (χ1n) is 9.50. The maximum atomic E-state index is 6.00. The zero-order valence-electron chi connectivity index (χ0n) is 16.1. The molecule has 6 aromatic rings. The molecule has 0 bridgehead atoms. The van der Waals surface area contributed by atoms with Crippen molar-refractivity contribution in [3.05, 3.63) is 86.2 Å². The molecule has 4 aromatic heterocycles. The standard InChI is InChI=1S/C22H14N8O/c1-5-17(6-2-15(1)29-13-27-21-19(29)9-23-11-25-21)31-18-7-3-16(4-8-18)30-14-28-22-20(30)10-24-12-26-22/h1-14H. The van der Waals surface area contributed by atoms with Gasteiger partial charge in [0.25, 0.3) is 0 Å². The Morgan fingerprint density at radius 1 is 0.548 bits per heavy atom. The van der Waals surface area contributed by atoms with Gasteiger partial charge in [0.2, 0.25) is 0 Å². The van der Waals surface area contributed by atoms with Gasteiger partial charge in [-0.15, -0.1) is 0 Å². The van der Waals surface area contributed by atoms with E-state index in [-0.39, 0.29) is 0 Å². The van der Waals surface area contributed by atoms with Crippen molar-refractivity contribution in [2.45, 2.75) is 0 Å². The Balaban J connectivity index is 1.23. The smallest absolute Gasteiger partial charge is 0.181 e. The highest BCUT2D eigenvalue weighted by atomic mass is 16.5. The summed E-state index contributed by atoms with van der Waals surface area (Å²) in [6.45, 7) is 0. The molecule has 0 N–H and O–H groups in total. The first kappa shape index (κ1) is 17.2. The SMILES string of the molecule is c1ncc2c(n1)ncn2-c1ccc(Oc2ccc(-n3cnc4ncncc43)cc2)cc1. The van der Waals surface area contributed by atoms with Crippen molar-refractivity contribution in [3.63, 3.8) is 0 Å². The van der Waals surface area contributed by atoms with E-state index >= 15 is 0 Å². The molecule has 6 rings (SSSR count). The van der Waals surface area contributed by atoms with Gasteiger partial charge in [-0.2, -0.15) is 0 Å². The highest BCUT2D eigenvalue weighted by Gasteiger charge is 2.08. The first-order chi connectivity index (χ1) is 15.3. The topological polar surface area (TPSA) is 96.4 Å². The van der Waals surface area contributed by atoms with Crippen LogP contribution in [0, 0.1) is 0 Å². The lowest BCUT2D eigenvalue weighted by atomic mass is 10.2. The minimum absolute atomic E-state index is 0.660. The second-order valence-electron chi connectivity index (χ2n) is 6.78. The van der Waals surface area contributed by atoms with Crippen LogP contribution in [0.2, 0.25) is 0 Å². The Morgan fingerprint density at radius 3 is 1.45 bits per heavy atom. The van der Waals surface area contributed by atoms with Gasteiger partial charge in [-0.25, -0.2) is 29.9 Å². The van der Waals surface area contributed by atoms with Crippen molar-refractivity contribution < 1.29 is 4.74 Å². The quantitative estimate of drug-likeness (QED) is 0.440. The molecule has 0 radical (unpaired) electrons. The molecular weight excluding hydrogens is 392 g/mol. The van der Waals surface area contributed by atoms with Crippen molar-refractivity contribution in [2.24, 2.45) is 0 Å². The Kier molecular flexibility index (Phi) is 3.88. The van der Waals surface area contributed by atoms with Gasteiger partial charge in [-0.3, -0.25) is 9.13 Å². The summed E-state index contributed by atoms with van der Waals surface area (Å²) in [7, 11) is 0. The first-order valence-corrected chi connectivity index (χ1v) is 9.50. The van der Waals surface area contributed by atoms with Crippen LogP contribution >= 0.6 is 0 Å². The lowest BCUT2D eigenvalue weighted by molar-refractivity contribution is 0.482. The molecule has 0 saturated heterocycles. The van der Waals surface area contributed by atoms with Gasteiger partial charge >= 0.3 is 0 Å². The fourth-order valence-corrected chi connectivity index (χ4v) is 3.42.